The number of hydrazine groups is 1. The third kappa shape index (κ3) is 4.73. The van der Waals surface area contributed by atoms with Crippen molar-refractivity contribution < 1.29 is 9.53 Å². The van der Waals surface area contributed by atoms with Gasteiger partial charge in [0.2, 0.25) is 5.91 Å². The van der Waals surface area contributed by atoms with Crippen molar-refractivity contribution in [2.24, 2.45) is 5.92 Å². The maximum absolute atomic E-state index is 12.6. The third-order valence-corrected chi connectivity index (χ3v) is 5.50. The molecule has 1 amide bonds. The van der Waals surface area contributed by atoms with E-state index in [4.69, 9.17) is 16.3 Å². The molecule has 3 N–H and O–H groups in total. The number of hydrogen-bond acceptors (Lipinski definition) is 4. The van der Waals surface area contributed by atoms with Gasteiger partial charge in [0.1, 0.15) is 0 Å². The van der Waals surface area contributed by atoms with Gasteiger partial charge in [0, 0.05) is 36.1 Å². The normalized spacial score (nSPS) is 31.7. The molecule has 5 nitrogen and oxygen atoms in total. The van der Waals surface area contributed by atoms with E-state index in [2.05, 4.69) is 36.9 Å². The fourth-order valence-corrected chi connectivity index (χ4v) is 4.00. The molecule has 2 heterocycles. The minimum atomic E-state index is -0.161. The van der Waals surface area contributed by atoms with Crippen LogP contribution in [0.25, 0.3) is 0 Å². The lowest BCUT2D eigenvalue weighted by molar-refractivity contribution is -0.125. The maximum Gasteiger partial charge on any atom is 0.220 e. The van der Waals surface area contributed by atoms with Crippen molar-refractivity contribution in [1.29, 1.82) is 0 Å². The van der Waals surface area contributed by atoms with Crippen molar-refractivity contribution in [3.8, 4) is 0 Å². The Labute approximate surface area is 154 Å². The predicted octanol–water partition coefficient (Wildman–Crippen LogP) is 2.96. The van der Waals surface area contributed by atoms with Gasteiger partial charge in [-0.15, -0.1) is 0 Å². The largest absolute Gasteiger partial charge is 0.375 e. The molecule has 6 heteroatoms. The monoisotopic (exact) mass is 365 g/mol. The summed E-state index contributed by atoms with van der Waals surface area (Å²) < 4.78 is 5.73. The Kier molecular flexibility index (Phi) is 5.68. The molecule has 25 heavy (non-hydrogen) atoms. The average Bonchev–Trinajstić information content (AvgIpc) is 2.88. The molecule has 0 spiro atoms. The van der Waals surface area contributed by atoms with Crippen molar-refractivity contribution in [1.82, 2.24) is 16.2 Å². The van der Waals surface area contributed by atoms with Crippen molar-refractivity contribution >= 4 is 17.5 Å². The third-order valence-electron chi connectivity index (χ3n) is 5.25. The number of carbonyl (C=O) groups is 1. The Morgan fingerprint density at radius 3 is 2.72 bits per heavy atom. The van der Waals surface area contributed by atoms with E-state index < -0.39 is 0 Å². The molecule has 0 aliphatic carbocycles. The van der Waals surface area contributed by atoms with Crippen LogP contribution in [0.4, 0.5) is 0 Å². The molecule has 0 saturated carbocycles. The zero-order valence-electron chi connectivity index (χ0n) is 15.1. The summed E-state index contributed by atoms with van der Waals surface area (Å²) in [6.07, 6.45) is 2.23. The standard InChI is InChI=1S/C19H28ClN3O2/c1-12-16(18(23-22-12)13-4-6-14(20)7-5-13)10-17(24)21-15-8-9-25-19(2,3)11-15/h4-7,12,15-16,18,22-23H,8-11H2,1-3H3,(H,21,24). The van der Waals surface area contributed by atoms with Crippen LogP contribution in [0.2, 0.25) is 5.02 Å². The van der Waals surface area contributed by atoms with Crippen LogP contribution < -0.4 is 16.2 Å². The quantitative estimate of drug-likeness (QED) is 0.767. The first-order valence-corrected chi connectivity index (χ1v) is 9.42. The molecular weight excluding hydrogens is 338 g/mol. The minimum Gasteiger partial charge on any atom is -0.375 e. The zero-order valence-corrected chi connectivity index (χ0v) is 15.9. The molecule has 0 radical (unpaired) electrons. The Hall–Kier alpha value is -1.14. The predicted molar refractivity (Wildman–Crippen MR) is 99.2 cm³/mol. The summed E-state index contributed by atoms with van der Waals surface area (Å²) in [6.45, 7) is 6.97. The van der Waals surface area contributed by atoms with E-state index in [9.17, 15) is 4.79 Å². The fourth-order valence-electron chi connectivity index (χ4n) is 3.87. The zero-order chi connectivity index (χ0) is 18.0. The first-order valence-electron chi connectivity index (χ1n) is 9.04. The topological polar surface area (TPSA) is 62.4 Å². The van der Waals surface area contributed by atoms with Gasteiger partial charge in [-0.25, -0.2) is 5.43 Å². The van der Waals surface area contributed by atoms with Crippen LogP contribution in [0.1, 0.15) is 51.6 Å². The van der Waals surface area contributed by atoms with Crippen molar-refractivity contribution in [2.45, 2.75) is 63.8 Å². The molecule has 1 aromatic rings. The van der Waals surface area contributed by atoms with Crippen molar-refractivity contribution in [3.05, 3.63) is 34.9 Å². The van der Waals surface area contributed by atoms with Crippen molar-refractivity contribution in [3.63, 3.8) is 0 Å². The molecule has 2 saturated heterocycles. The second kappa shape index (κ2) is 7.62. The molecule has 4 unspecified atom stereocenters. The van der Waals surface area contributed by atoms with E-state index in [1.54, 1.807) is 0 Å². The van der Waals surface area contributed by atoms with Gasteiger partial charge in [-0.3, -0.25) is 10.2 Å². The molecule has 3 rings (SSSR count). The number of ether oxygens (including phenoxy) is 1. The van der Waals surface area contributed by atoms with Crippen LogP contribution in [0.15, 0.2) is 24.3 Å². The smallest absolute Gasteiger partial charge is 0.220 e. The second-order valence-corrected chi connectivity index (χ2v) is 8.28. The van der Waals surface area contributed by atoms with Gasteiger partial charge in [0.15, 0.2) is 0 Å². The molecule has 0 bridgehead atoms. The molecule has 2 aliphatic heterocycles. The first-order chi connectivity index (χ1) is 11.8. The van der Waals surface area contributed by atoms with Crippen LogP contribution in [-0.4, -0.2) is 30.2 Å². The Bertz CT molecular complexity index is 605. The molecule has 1 aromatic carbocycles. The number of amides is 1. The molecule has 0 aromatic heterocycles. The van der Waals surface area contributed by atoms with Crippen LogP contribution in [0.5, 0.6) is 0 Å². The number of rotatable bonds is 4. The van der Waals surface area contributed by atoms with Gasteiger partial charge in [0.05, 0.1) is 11.6 Å². The SMILES string of the molecule is CC1NNC(c2ccc(Cl)cc2)C1CC(=O)NC1CCOC(C)(C)C1. The lowest BCUT2D eigenvalue weighted by Crippen LogP contribution is -2.46. The van der Waals surface area contributed by atoms with Crippen LogP contribution in [0.3, 0.4) is 0 Å². The van der Waals surface area contributed by atoms with E-state index >= 15 is 0 Å². The van der Waals surface area contributed by atoms with Gasteiger partial charge >= 0.3 is 0 Å². The lowest BCUT2D eigenvalue weighted by Gasteiger charge is -2.36. The minimum absolute atomic E-state index is 0.101. The van der Waals surface area contributed by atoms with Crippen molar-refractivity contribution in [2.75, 3.05) is 6.61 Å². The van der Waals surface area contributed by atoms with Gasteiger partial charge in [-0.1, -0.05) is 23.7 Å². The highest BCUT2D eigenvalue weighted by molar-refractivity contribution is 6.30. The second-order valence-electron chi connectivity index (χ2n) is 7.84. The fraction of sp³-hybridized carbons (Fsp3) is 0.632. The van der Waals surface area contributed by atoms with Crippen LogP contribution in [-0.2, 0) is 9.53 Å². The van der Waals surface area contributed by atoms with Gasteiger partial charge in [-0.05, 0) is 51.3 Å². The average molecular weight is 366 g/mol. The number of nitrogens with one attached hydrogen (secondary N) is 3. The van der Waals surface area contributed by atoms with Crippen LogP contribution >= 0.6 is 11.6 Å². The highest BCUT2D eigenvalue weighted by atomic mass is 35.5. The first kappa shape index (κ1) is 18.6. The summed E-state index contributed by atoms with van der Waals surface area (Å²) in [5.41, 5.74) is 7.58. The summed E-state index contributed by atoms with van der Waals surface area (Å²) in [7, 11) is 0. The molecule has 4 atom stereocenters. The van der Waals surface area contributed by atoms with E-state index in [-0.39, 0.29) is 35.6 Å². The molecular formula is C19H28ClN3O2. The van der Waals surface area contributed by atoms with E-state index in [1.807, 2.05) is 24.3 Å². The number of halogens is 1. The van der Waals surface area contributed by atoms with Gasteiger partial charge in [0.25, 0.3) is 0 Å². The number of carbonyl (C=O) groups excluding carboxylic acids is 1. The summed E-state index contributed by atoms with van der Waals surface area (Å²) in [6, 6.07) is 8.34. The van der Waals surface area contributed by atoms with E-state index in [0.29, 0.717) is 13.0 Å². The van der Waals surface area contributed by atoms with Gasteiger partial charge < -0.3 is 10.1 Å². The number of benzene rings is 1. The molecule has 138 valence electrons. The van der Waals surface area contributed by atoms with E-state index in [1.165, 1.54) is 0 Å². The highest BCUT2D eigenvalue weighted by Crippen LogP contribution is 2.32. The lowest BCUT2D eigenvalue weighted by atomic mass is 9.87. The Morgan fingerprint density at radius 2 is 2.04 bits per heavy atom. The summed E-state index contributed by atoms with van der Waals surface area (Å²) in [4.78, 5) is 12.6. The highest BCUT2D eigenvalue weighted by Gasteiger charge is 2.36. The Balaban J connectivity index is 1.61. The molecule has 2 aliphatic rings. The number of hydrogen-bond donors (Lipinski definition) is 3. The Morgan fingerprint density at radius 1 is 1.32 bits per heavy atom. The maximum atomic E-state index is 12.6. The van der Waals surface area contributed by atoms with E-state index in [0.717, 1.165) is 23.4 Å². The summed E-state index contributed by atoms with van der Waals surface area (Å²) >= 11 is 5.99. The summed E-state index contributed by atoms with van der Waals surface area (Å²) in [5, 5.41) is 3.93. The van der Waals surface area contributed by atoms with Crippen LogP contribution in [0, 0.1) is 5.92 Å². The van der Waals surface area contributed by atoms with Gasteiger partial charge in [-0.2, -0.15) is 0 Å². The summed E-state index contributed by atoms with van der Waals surface area (Å²) in [5.74, 6) is 0.304. The molecule has 2 fully saturated rings.